The lowest BCUT2D eigenvalue weighted by Crippen LogP contribution is -2.43. The first-order valence-electron chi connectivity index (χ1n) is 7.37. The number of carbonyl (C=O) groups is 2. The van der Waals surface area contributed by atoms with Crippen molar-refractivity contribution in [3.8, 4) is 5.75 Å². The van der Waals surface area contributed by atoms with E-state index < -0.39 is 6.10 Å². The second-order valence-electron chi connectivity index (χ2n) is 5.11. The Labute approximate surface area is 141 Å². The molecule has 0 unspecified atom stereocenters. The summed E-state index contributed by atoms with van der Waals surface area (Å²) in [6.07, 6.45) is 0.0218. The topological polar surface area (TPSA) is 67.9 Å². The van der Waals surface area contributed by atoms with Gasteiger partial charge in [0.05, 0.1) is 6.54 Å². The van der Waals surface area contributed by atoms with Crippen LogP contribution in [0.5, 0.6) is 5.75 Å². The summed E-state index contributed by atoms with van der Waals surface area (Å²) in [5.41, 5.74) is 0. The minimum atomic E-state index is -0.709. The minimum Gasteiger partial charge on any atom is -0.481 e. The Hall–Kier alpha value is -1.79. The monoisotopic (exact) mass is 342 g/mol. The Bertz CT molecular complexity index is 525. The van der Waals surface area contributed by atoms with E-state index in [0.29, 0.717) is 23.9 Å². The number of methoxy groups -OCH3 is 1. The standard InChI is InChI=1S/C16H23ClN2O4/c1-12(23-14-7-4-6-13(17)10-14)16(21)19(2)11-15(20)18-8-5-9-22-3/h4,6-7,10,12H,5,8-9,11H2,1-3H3,(H,18,20)/t12-/m1/s1. The first-order valence-corrected chi connectivity index (χ1v) is 7.74. The van der Waals surface area contributed by atoms with Gasteiger partial charge in [-0.05, 0) is 31.5 Å². The van der Waals surface area contributed by atoms with Crippen molar-refractivity contribution in [3.05, 3.63) is 29.3 Å². The molecule has 1 N–H and O–H groups in total. The highest BCUT2D eigenvalue weighted by Gasteiger charge is 2.21. The summed E-state index contributed by atoms with van der Waals surface area (Å²) >= 11 is 5.87. The largest absolute Gasteiger partial charge is 0.481 e. The van der Waals surface area contributed by atoms with Gasteiger partial charge in [0.1, 0.15) is 5.75 Å². The van der Waals surface area contributed by atoms with Gasteiger partial charge in [-0.3, -0.25) is 9.59 Å². The number of halogens is 1. The lowest BCUT2D eigenvalue weighted by atomic mass is 10.3. The van der Waals surface area contributed by atoms with Crippen molar-refractivity contribution in [3.63, 3.8) is 0 Å². The van der Waals surface area contributed by atoms with Crippen LogP contribution in [0, 0.1) is 0 Å². The second-order valence-corrected chi connectivity index (χ2v) is 5.54. The molecule has 1 rings (SSSR count). The summed E-state index contributed by atoms with van der Waals surface area (Å²) < 4.78 is 10.4. The van der Waals surface area contributed by atoms with Crippen molar-refractivity contribution >= 4 is 23.4 Å². The van der Waals surface area contributed by atoms with Gasteiger partial charge in [-0.1, -0.05) is 17.7 Å². The molecule has 0 aliphatic heterocycles. The molecule has 0 heterocycles. The molecule has 0 radical (unpaired) electrons. The van der Waals surface area contributed by atoms with E-state index in [1.807, 2.05) is 0 Å². The zero-order chi connectivity index (χ0) is 17.2. The van der Waals surface area contributed by atoms with Gasteiger partial charge < -0.3 is 19.7 Å². The Morgan fingerprint density at radius 3 is 2.78 bits per heavy atom. The molecule has 6 nitrogen and oxygen atoms in total. The van der Waals surface area contributed by atoms with Crippen molar-refractivity contribution in [1.82, 2.24) is 10.2 Å². The number of rotatable bonds is 9. The molecular weight excluding hydrogens is 320 g/mol. The van der Waals surface area contributed by atoms with Crippen molar-refractivity contribution < 1.29 is 19.1 Å². The van der Waals surface area contributed by atoms with Crippen LogP contribution in [0.4, 0.5) is 0 Å². The van der Waals surface area contributed by atoms with E-state index in [2.05, 4.69) is 5.32 Å². The molecule has 0 aromatic heterocycles. The molecule has 0 aliphatic carbocycles. The first kappa shape index (κ1) is 19.3. The SMILES string of the molecule is COCCCNC(=O)CN(C)C(=O)[C@@H](C)Oc1cccc(Cl)c1. The third kappa shape index (κ3) is 7.34. The third-order valence-corrected chi connectivity index (χ3v) is 3.30. The van der Waals surface area contributed by atoms with E-state index in [9.17, 15) is 9.59 Å². The number of nitrogens with one attached hydrogen (secondary N) is 1. The number of benzene rings is 1. The maximum atomic E-state index is 12.2. The van der Waals surface area contributed by atoms with E-state index in [0.717, 1.165) is 6.42 Å². The fourth-order valence-corrected chi connectivity index (χ4v) is 2.08. The number of hydrogen-bond donors (Lipinski definition) is 1. The molecular formula is C16H23ClN2O4. The zero-order valence-corrected chi connectivity index (χ0v) is 14.4. The van der Waals surface area contributed by atoms with E-state index in [4.69, 9.17) is 21.1 Å². The Morgan fingerprint density at radius 2 is 2.13 bits per heavy atom. The molecule has 1 aromatic carbocycles. The van der Waals surface area contributed by atoms with Crippen LogP contribution < -0.4 is 10.1 Å². The van der Waals surface area contributed by atoms with Crippen molar-refractivity contribution in [2.24, 2.45) is 0 Å². The summed E-state index contributed by atoms with van der Waals surface area (Å²) in [5, 5.41) is 3.26. The molecule has 23 heavy (non-hydrogen) atoms. The summed E-state index contributed by atoms with van der Waals surface area (Å²) in [5.74, 6) is 0.0136. The highest BCUT2D eigenvalue weighted by Crippen LogP contribution is 2.18. The van der Waals surface area contributed by atoms with Gasteiger partial charge in [0.15, 0.2) is 6.10 Å². The average Bonchev–Trinajstić information content (AvgIpc) is 2.50. The summed E-state index contributed by atoms with van der Waals surface area (Å²) in [6.45, 7) is 2.72. The zero-order valence-electron chi connectivity index (χ0n) is 13.7. The predicted octanol–water partition coefficient (Wildman–Crippen LogP) is 1.72. The Morgan fingerprint density at radius 1 is 1.39 bits per heavy atom. The molecule has 7 heteroatoms. The number of nitrogens with zero attached hydrogens (tertiary/aromatic N) is 1. The van der Waals surface area contributed by atoms with Crippen molar-refractivity contribution in [1.29, 1.82) is 0 Å². The third-order valence-electron chi connectivity index (χ3n) is 3.06. The van der Waals surface area contributed by atoms with Crippen LogP contribution in [0.3, 0.4) is 0 Å². The lowest BCUT2D eigenvalue weighted by molar-refractivity contribution is -0.139. The summed E-state index contributed by atoms with van der Waals surface area (Å²) in [7, 11) is 3.17. The molecule has 0 fully saturated rings. The van der Waals surface area contributed by atoms with Crippen LogP contribution >= 0.6 is 11.6 Å². The van der Waals surface area contributed by atoms with Crippen LogP contribution in [0.2, 0.25) is 5.02 Å². The first-order chi connectivity index (χ1) is 10.9. The smallest absolute Gasteiger partial charge is 0.263 e. The van der Waals surface area contributed by atoms with Crippen LogP contribution in [0.1, 0.15) is 13.3 Å². The Balaban J connectivity index is 2.41. The molecule has 2 amide bonds. The summed E-state index contributed by atoms with van der Waals surface area (Å²) in [4.78, 5) is 25.3. The number of carbonyl (C=O) groups excluding carboxylic acids is 2. The summed E-state index contributed by atoms with van der Waals surface area (Å²) in [6, 6.07) is 6.82. The second kappa shape index (κ2) is 10.1. The quantitative estimate of drug-likeness (QED) is 0.694. The number of likely N-dealkylation sites (N-methyl/N-ethyl adjacent to an activating group) is 1. The molecule has 0 saturated heterocycles. The maximum absolute atomic E-state index is 12.2. The highest BCUT2D eigenvalue weighted by molar-refractivity contribution is 6.30. The fourth-order valence-electron chi connectivity index (χ4n) is 1.90. The van der Waals surface area contributed by atoms with E-state index in [-0.39, 0.29) is 18.4 Å². The molecule has 0 bridgehead atoms. The van der Waals surface area contributed by atoms with Gasteiger partial charge in [-0.2, -0.15) is 0 Å². The molecule has 0 aliphatic rings. The molecule has 1 aromatic rings. The van der Waals surface area contributed by atoms with Crippen LogP contribution in [0.15, 0.2) is 24.3 Å². The van der Waals surface area contributed by atoms with Crippen molar-refractivity contribution in [2.75, 3.05) is 33.9 Å². The fraction of sp³-hybridized carbons (Fsp3) is 0.500. The van der Waals surface area contributed by atoms with Gasteiger partial charge in [0.25, 0.3) is 5.91 Å². The number of amides is 2. The van der Waals surface area contributed by atoms with Crippen LogP contribution in [-0.4, -0.2) is 56.7 Å². The van der Waals surface area contributed by atoms with Gasteiger partial charge >= 0.3 is 0 Å². The van der Waals surface area contributed by atoms with Gasteiger partial charge in [0.2, 0.25) is 5.91 Å². The molecule has 128 valence electrons. The average molecular weight is 343 g/mol. The van der Waals surface area contributed by atoms with Gasteiger partial charge in [0, 0.05) is 32.3 Å². The highest BCUT2D eigenvalue weighted by atomic mass is 35.5. The van der Waals surface area contributed by atoms with Crippen molar-refractivity contribution in [2.45, 2.75) is 19.4 Å². The lowest BCUT2D eigenvalue weighted by Gasteiger charge is -2.21. The molecule has 1 atom stereocenters. The maximum Gasteiger partial charge on any atom is 0.263 e. The Kier molecular flexibility index (Phi) is 8.43. The van der Waals surface area contributed by atoms with Crippen LogP contribution in [0.25, 0.3) is 0 Å². The number of hydrogen-bond acceptors (Lipinski definition) is 4. The normalized spacial score (nSPS) is 11.7. The van der Waals surface area contributed by atoms with E-state index in [1.165, 1.54) is 4.90 Å². The predicted molar refractivity (Wildman–Crippen MR) is 88.7 cm³/mol. The van der Waals surface area contributed by atoms with E-state index in [1.54, 1.807) is 45.3 Å². The molecule has 0 spiro atoms. The van der Waals surface area contributed by atoms with Crippen LogP contribution in [-0.2, 0) is 14.3 Å². The van der Waals surface area contributed by atoms with E-state index >= 15 is 0 Å². The number of ether oxygens (including phenoxy) is 2. The van der Waals surface area contributed by atoms with Gasteiger partial charge in [-0.25, -0.2) is 0 Å². The minimum absolute atomic E-state index is 0.0188. The van der Waals surface area contributed by atoms with Gasteiger partial charge in [-0.15, -0.1) is 0 Å². The molecule has 0 saturated carbocycles.